The smallest absolute Gasteiger partial charge is 0.269 e. The summed E-state index contributed by atoms with van der Waals surface area (Å²) >= 11 is 0. The number of aromatic nitrogens is 4. The topological polar surface area (TPSA) is 98.2 Å². The van der Waals surface area contributed by atoms with E-state index in [1.807, 2.05) is 11.3 Å². The zero-order valence-corrected chi connectivity index (χ0v) is 11.2. The van der Waals surface area contributed by atoms with E-state index < -0.39 is 4.92 Å². The van der Waals surface area contributed by atoms with Crippen molar-refractivity contribution in [3.8, 4) is 0 Å². The minimum absolute atomic E-state index is 0.0760. The van der Waals surface area contributed by atoms with E-state index in [0.717, 1.165) is 11.4 Å². The molecule has 2 heterocycles. The number of hydrogen-bond donors (Lipinski definition) is 1. The van der Waals surface area contributed by atoms with E-state index in [4.69, 9.17) is 0 Å². The number of nitrogens with zero attached hydrogens (tertiary/aromatic N) is 5. The lowest BCUT2D eigenvalue weighted by molar-refractivity contribution is -0.384. The third kappa shape index (κ3) is 2.50. The lowest BCUT2D eigenvalue weighted by Crippen LogP contribution is -2.04. The highest BCUT2D eigenvalue weighted by Crippen LogP contribution is 2.15. The highest BCUT2D eigenvalue weighted by Gasteiger charge is 2.08. The normalized spacial score (nSPS) is 10.7. The molecular weight excluding hydrogens is 272 g/mol. The van der Waals surface area contributed by atoms with Gasteiger partial charge in [0.05, 0.1) is 4.92 Å². The molecule has 0 aliphatic heterocycles. The lowest BCUT2D eigenvalue weighted by Gasteiger charge is -2.06. The van der Waals surface area contributed by atoms with Crippen LogP contribution in [0, 0.1) is 17.0 Å². The second-order valence-electron chi connectivity index (χ2n) is 4.49. The number of fused-ring (bicyclic) bond motifs is 1. The van der Waals surface area contributed by atoms with Gasteiger partial charge in [-0.1, -0.05) is 12.1 Å². The van der Waals surface area contributed by atoms with Gasteiger partial charge in [0, 0.05) is 31.1 Å². The van der Waals surface area contributed by atoms with E-state index in [-0.39, 0.29) is 5.69 Å². The van der Waals surface area contributed by atoms with Crippen LogP contribution in [0.5, 0.6) is 0 Å². The Morgan fingerprint density at radius 1 is 1.29 bits per heavy atom. The molecule has 3 rings (SSSR count). The monoisotopic (exact) mass is 284 g/mol. The Kier molecular flexibility index (Phi) is 3.19. The molecule has 8 nitrogen and oxygen atoms in total. The molecule has 2 aromatic heterocycles. The van der Waals surface area contributed by atoms with E-state index >= 15 is 0 Å². The van der Waals surface area contributed by atoms with Crippen LogP contribution in [0.25, 0.3) is 5.65 Å². The van der Waals surface area contributed by atoms with Gasteiger partial charge in [0.15, 0.2) is 5.82 Å². The molecule has 21 heavy (non-hydrogen) atoms. The van der Waals surface area contributed by atoms with E-state index in [9.17, 15) is 10.1 Å². The van der Waals surface area contributed by atoms with Gasteiger partial charge in [0.2, 0.25) is 5.65 Å². The van der Waals surface area contributed by atoms with Gasteiger partial charge < -0.3 is 5.32 Å². The molecule has 0 fully saturated rings. The first kappa shape index (κ1) is 13.0. The number of hydrogen-bond acceptors (Lipinski definition) is 6. The minimum Gasteiger partial charge on any atom is -0.363 e. The SMILES string of the molecule is Cc1nnc2c(NCc3ccc([N+](=O)[O-])cc3)nccn12. The second-order valence-corrected chi connectivity index (χ2v) is 4.49. The van der Waals surface area contributed by atoms with Crippen molar-refractivity contribution in [2.75, 3.05) is 5.32 Å². The summed E-state index contributed by atoms with van der Waals surface area (Å²) in [6.45, 7) is 2.36. The third-order valence-corrected chi connectivity index (χ3v) is 3.10. The number of benzene rings is 1. The van der Waals surface area contributed by atoms with Crippen molar-refractivity contribution in [1.29, 1.82) is 0 Å². The van der Waals surface area contributed by atoms with E-state index in [1.54, 1.807) is 24.5 Å². The van der Waals surface area contributed by atoms with Crippen molar-refractivity contribution < 1.29 is 4.92 Å². The van der Waals surface area contributed by atoms with E-state index in [2.05, 4.69) is 20.5 Å². The molecule has 3 aromatic rings. The van der Waals surface area contributed by atoms with Crippen molar-refractivity contribution in [3.05, 3.63) is 58.2 Å². The quantitative estimate of drug-likeness (QED) is 0.580. The van der Waals surface area contributed by atoms with Crippen LogP contribution in [0.4, 0.5) is 11.5 Å². The van der Waals surface area contributed by atoms with Gasteiger partial charge in [-0.2, -0.15) is 0 Å². The largest absolute Gasteiger partial charge is 0.363 e. The predicted octanol–water partition coefficient (Wildman–Crippen LogP) is 1.95. The molecule has 0 saturated carbocycles. The van der Waals surface area contributed by atoms with Crippen LogP contribution in [-0.2, 0) is 6.54 Å². The van der Waals surface area contributed by atoms with Crippen LogP contribution >= 0.6 is 0 Å². The summed E-state index contributed by atoms with van der Waals surface area (Å²) in [5.41, 5.74) is 1.64. The first-order valence-corrected chi connectivity index (χ1v) is 6.28. The predicted molar refractivity (Wildman–Crippen MR) is 75.9 cm³/mol. The molecule has 1 N–H and O–H groups in total. The van der Waals surface area contributed by atoms with Crippen LogP contribution in [0.2, 0.25) is 0 Å². The first-order valence-electron chi connectivity index (χ1n) is 6.28. The van der Waals surface area contributed by atoms with Crippen LogP contribution in [-0.4, -0.2) is 24.5 Å². The molecule has 0 atom stereocenters. The maximum absolute atomic E-state index is 10.6. The average molecular weight is 284 g/mol. The summed E-state index contributed by atoms with van der Waals surface area (Å²) in [7, 11) is 0. The highest BCUT2D eigenvalue weighted by atomic mass is 16.6. The van der Waals surface area contributed by atoms with E-state index in [1.165, 1.54) is 12.1 Å². The van der Waals surface area contributed by atoms with Gasteiger partial charge in [0.25, 0.3) is 5.69 Å². The lowest BCUT2D eigenvalue weighted by atomic mass is 10.2. The van der Waals surface area contributed by atoms with Crippen LogP contribution in [0.1, 0.15) is 11.4 Å². The summed E-state index contributed by atoms with van der Waals surface area (Å²) in [5.74, 6) is 1.40. The standard InChI is InChI=1S/C13H12N6O2/c1-9-16-17-13-12(14-6-7-18(9)13)15-8-10-2-4-11(5-3-10)19(20)21/h2-7H,8H2,1H3,(H,14,15). The molecule has 0 aliphatic carbocycles. The fourth-order valence-corrected chi connectivity index (χ4v) is 1.99. The third-order valence-electron chi connectivity index (χ3n) is 3.10. The Hall–Kier alpha value is -3.03. The summed E-state index contributed by atoms with van der Waals surface area (Å²) in [5, 5.41) is 21.8. The molecule has 0 aliphatic rings. The molecule has 0 saturated heterocycles. The summed E-state index contributed by atoms with van der Waals surface area (Å²) in [4.78, 5) is 14.4. The van der Waals surface area contributed by atoms with Gasteiger partial charge in [0.1, 0.15) is 5.82 Å². The second kappa shape index (κ2) is 5.16. The molecule has 0 spiro atoms. The molecule has 0 unspecified atom stereocenters. The highest BCUT2D eigenvalue weighted by molar-refractivity contribution is 5.62. The van der Waals surface area contributed by atoms with Crippen molar-refractivity contribution in [2.45, 2.75) is 13.5 Å². The number of nitro benzene ring substituents is 1. The number of anilines is 1. The van der Waals surface area contributed by atoms with Crippen molar-refractivity contribution in [1.82, 2.24) is 19.6 Å². The Labute approximate surface area is 119 Å². The summed E-state index contributed by atoms with van der Waals surface area (Å²) in [6, 6.07) is 6.37. The molecule has 106 valence electrons. The van der Waals surface area contributed by atoms with Crippen molar-refractivity contribution >= 4 is 17.2 Å². The zero-order chi connectivity index (χ0) is 14.8. The number of aryl methyl sites for hydroxylation is 1. The van der Waals surface area contributed by atoms with Gasteiger partial charge in [-0.3, -0.25) is 14.5 Å². The molecular formula is C13H12N6O2. The molecule has 0 amide bonds. The number of rotatable bonds is 4. The maximum Gasteiger partial charge on any atom is 0.269 e. The van der Waals surface area contributed by atoms with Gasteiger partial charge >= 0.3 is 0 Å². The van der Waals surface area contributed by atoms with Crippen molar-refractivity contribution in [2.24, 2.45) is 0 Å². The summed E-state index contributed by atoms with van der Waals surface area (Å²) < 4.78 is 1.84. The molecule has 8 heteroatoms. The number of nitro groups is 1. The fraction of sp³-hybridized carbons (Fsp3) is 0.154. The van der Waals surface area contributed by atoms with Crippen molar-refractivity contribution in [3.63, 3.8) is 0 Å². The van der Waals surface area contributed by atoms with Gasteiger partial charge in [-0.05, 0) is 12.5 Å². The molecule has 1 aromatic carbocycles. The Morgan fingerprint density at radius 3 is 2.76 bits per heavy atom. The van der Waals surface area contributed by atoms with Crippen LogP contribution < -0.4 is 5.32 Å². The number of nitrogens with one attached hydrogen (secondary N) is 1. The first-order chi connectivity index (χ1) is 10.1. The minimum atomic E-state index is -0.418. The molecule has 0 radical (unpaired) electrons. The summed E-state index contributed by atoms with van der Waals surface area (Å²) in [6.07, 6.45) is 3.46. The Morgan fingerprint density at radius 2 is 2.05 bits per heavy atom. The maximum atomic E-state index is 10.6. The van der Waals surface area contributed by atoms with Crippen LogP contribution in [0.3, 0.4) is 0 Å². The average Bonchev–Trinajstić information content (AvgIpc) is 2.88. The fourth-order valence-electron chi connectivity index (χ4n) is 1.99. The zero-order valence-electron chi connectivity index (χ0n) is 11.2. The Bertz CT molecular complexity index is 796. The van der Waals surface area contributed by atoms with Gasteiger partial charge in [-0.15, -0.1) is 10.2 Å². The molecule has 0 bridgehead atoms. The Balaban J connectivity index is 1.78. The van der Waals surface area contributed by atoms with Crippen LogP contribution in [0.15, 0.2) is 36.7 Å². The van der Waals surface area contributed by atoms with E-state index in [0.29, 0.717) is 18.0 Å². The van der Waals surface area contributed by atoms with Gasteiger partial charge in [-0.25, -0.2) is 4.98 Å². The number of non-ortho nitro benzene ring substituents is 1.